The van der Waals surface area contributed by atoms with Crippen molar-refractivity contribution in [3.63, 3.8) is 0 Å². The van der Waals surface area contributed by atoms with Gasteiger partial charge in [-0.15, -0.1) is 11.8 Å². The molecule has 0 bridgehead atoms. The summed E-state index contributed by atoms with van der Waals surface area (Å²) in [5.41, 5.74) is 1.57. The van der Waals surface area contributed by atoms with Gasteiger partial charge in [-0.25, -0.2) is 8.78 Å². The molecule has 4 nitrogen and oxygen atoms in total. The van der Waals surface area contributed by atoms with Crippen LogP contribution in [0.3, 0.4) is 0 Å². The summed E-state index contributed by atoms with van der Waals surface area (Å²) in [6.45, 7) is 0. The van der Waals surface area contributed by atoms with E-state index in [1.54, 1.807) is 48.5 Å². The molecule has 2 amide bonds. The number of halogens is 3. The molecule has 1 aliphatic rings. The zero-order valence-corrected chi connectivity index (χ0v) is 17.0. The Hall–Kier alpha value is -2.90. The van der Waals surface area contributed by atoms with Crippen LogP contribution in [0.15, 0.2) is 66.7 Å². The summed E-state index contributed by atoms with van der Waals surface area (Å²) >= 11 is 7.41. The maximum absolute atomic E-state index is 14.3. The fourth-order valence-corrected chi connectivity index (χ4v) is 4.60. The topological polar surface area (TPSA) is 49.4 Å². The average molecular weight is 445 g/mol. The van der Waals surface area contributed by atoms with Crippen LogP contribution >= 0.6 is 23.4 Å². The van der Waals surface area contributed by atoms with Crippen LogP contribution in [0.1, 0.15) is 21.3 Å². The van der Waals surface area contributed by atoms with Crippen LogP contribution in [-0.2, 0) is 4.79 Å². The lowest BCUT2D eigenvalue weighted by Crippen LogP contribution is -2.28. The number of thioether (sulfide) groups is 1. The number of hydrogen-bond donors (Lipinski definition) is 1. The van der Waals surface area contributed by atoms with E-state index >= 15 is 0 Å². The Labute approximate surface area is 180 Å². The molecule has 3 aromatic carbocycles. The smallest absolute Gasteiger partial charge is 0.257 e. The second-order valence-electron chi connectivity index (χ2n) is 6.58. The summed E-state index contributed by atoms with van der Waals surface area (Å²) in [6.07, 6.45) is 0. The van der Waals surface area contributed by atoms with Crippen LogP contribution in [0.5, 0.6) is 0 Å². The van der Waals surface area contributed by atoms with Crippen LogP contribution in [-0.4, -0.2) is 17.6 Å². The van der Waals surface area contributed by atoms with E-state index in [2.05, 4.69) is 5.32 Å². The summed E-state index contributed by atoms with van der Waals surface area (Å²) in [4.78, 5) is 26.3. The lowest BCUT2D eigenvalue weighted by molar-refractivity contribution is -0.115. The molecule has 0 radical (unpaired) electrons. The first kappa shape index (κ1) is 20.4. The molecule has 4 rings (SSSR count). The molecule has 1 unspecified atom stereocenters. The minimum atomic E-state index is -0.806. The molecule has 152 valence electrons. The van der Waals surface area contributed by atoms with Gasteiger partial charge < -0.3 is 5.32 Å². The number of rotatable bonds is 4. The fourth-order valence-electron chi connectivity index (χ4n) is 3.22. The van der Waals surface area contributed by atoms with Crippen LogP contribution in [0.4, 0.5) is 20.2 Å². The van der Waals surface area contributed by atoms with E-state index in [4.69, 9.17) is 11.6 Å². The molecule has 1 saturated heterocycles. The highest BCUT2D eigenvalue weighted by molar-refractivity contribution is 8.00. The normalized spacial score (nSPS) is 16.0. The Morgan fingerprint density at radius 1 is 1.07 bits per heavy atom. The molecule has 8 heteroatoms. The van der Waals surface area contributed by atoms with E-state index in [-0.39, 0.29) is 23.3 Å². The van der Waals surface area contributed by atoms with E-state index in [1.807, 2.05) is 0 Å². The van der Waals surface area contributed by atoms with Crippen molar-refractivity contribution < 1.29 is 18.4 Å². The molecular weight excluding hydrogens is 430 g/mol. The molecule has 3 aromatic rings. The summed E-state index contributed by atoms with van der Waals surface area (Å²) in [5.74, 6) is -2.00. The number of anilines is 2. The lowest BCUT2D eigenvalue weighted by Gasteiger charge is -2.25. The maximum atomic E-state index is 14.3. The number of benzene rings is 3. The van der Waals surface area contributed by atoms with Crippen molar-refractivity contribution in [2.75, 3.05) is 16.0 Å². The lowest BCUT2D eigenvalue weighted by atomic mass is 10.1. The van der Waals surface area contributed by atoms with Crippen molar-refractivity contribution in [3.8, 4) is 0 Å². The van der Waals surface area contributed by atoms with Crippen LogP contribution < -0.4 is 10.2 Å². The van der Waals surface area contributed by atoms with E-state index < -0.39 is 17.0 Å². The van der Waals surface area contributed by atoms with Crippen molar-refractivity contribution in [2.45, 2.75) is 5.37 Å². The van der Waals surface area contributed by atoms with Crippen molar-refractivity contribution in [1.29, 1.82) is 0 Å². The largest absolute Gasteiger partial charge is 0.322 e. The summed E-state index contributed by atoms with van der Waals surface area (Å²) < 4.78 is 27.6. The number of hydrogen-bond acceptors (Lipinski definition) is 3. The molecule has 1 fully saturated rings. The van der Waals surface area contributed by atoms with Gasteiger partial charge in [-0.2, -0.15) is 0 Å². The van der Waals surface area contributed by atoms with Gasteiger partial charge >= 0.3 is 0 Å². The predicted octanol–water partition coefficient (Wildman–Crippen LogP) is 5.65. The summed E-state index contributed by atoms with van der Waals surface area (Å²) in [6, 6.07) is 16.8. The van der Waals surface area contributed by atoms with E-state index in [1.165, 1.54) is 22.7 Å². The Bertz CT molecular complexity index is 1140. The summed E-state index contributed by atoms with van der Waals surface area (Å²) in [5, 5.41) is 2.62. The van der Waals surface area contributed by atoms with Crippen LogP contribution in [0.2, 0.25) is 5.02 Å². The van der Waals surface area contributed by atoms with Gasteiger partial charge in [-0.05, 0) is 42.0 Å². The van der Waals surface area contributed by atoms with Gasteiger partial charge in [0.05, 0.1) is 22.0 Å². The van der Waals surface area contributed by atoms with E-state index in [9.17, 15) is 18.4 Å². The van der Waals surface area contributed by atoms with Crippen molar-refractivity contribution in [3.05, 3.63) is 94.5 Å². The summed E-state index contributed by atoms with van der Waals surface area (Å²) in [7, 11) is 0. The number of nitrogens with one attached hydrogen (secondary N) is 1. The molecule has 0 aliphatic carbocycles. The molecule has 1 N–H and O–H groups in total. The van der Waals surface area contributed by atoms with Crippen molar-refractivity contribution in [2.24, 2.45) is 0 Å². The first-order valence-electron chi connectivity index (χ1n) is 8.98. The standard InChI is InChI=1S/C22H15ClF2N2O2S/c23-17-7-2-1-6-16(17)21(29)26-15-5-3-4-13(10-15)22-27(20(28)12-30-22)19-9-8-14(24)11-18(19)25/h1-11,22H,12H2,(H,26,29). The van der Waals surface area contributed by atoms with Crippen LogP contribution in [0, 0.1) is 11.6 Å². The number of nitrogens with zero attached hydrogens (tertiary/aromatic N) is 1. The maximum Gasteiger partial charge on any atom is 0.257 e. The highest BCUT2D eigenvalue weighted by atomic mass is 35.5. The Balaban J connectivity index is 1.62. The minimum absolute atomic E-state index is 0.0157. The monoisotopic (exact) mass is 444 g/mol. The molecule has 30 heavy (non-hydrogen) atoms. The van der Waals surface area contributed by atoms with E-state index in [0.717, 1.165) is 12.1 Å². The molecule has 0 spiro atoms. The second kappa shape index (κ2) is 8.45. The highest BCUT2D eigenvalue weighted by Gasteiger charge is 2.35. The van der Waals surface area contributed by atoms with E-state index in [0.29, 0.717) is 21.8 Å². The van der Waals surface area contributed by atoms with Crippen molar-refractivity contribution in [1.82, 2.24) is 0 Å². The zero-order valence-electron chi connectivity index (χ0n) is 15.4. The minimum Gasteiger partial charge on any atom is -0.322 e. The Kier molecular flexibility index (Phi) is 5.74. The number of amides is 2. The van der Waals surface area contributed by atoms with Gasteiger partial charge in [0.2, 0.25) is 5.91 Å². The fraction of sp³-hybridized carbons (Fsp3) is 0.0909. The van der Waals surface area contributed by atoms with Crippen LogP contribution in [0.25, 0.3) is 0 Å². The molecule has 1 heterocycles. The van der Waals surface area contributed by atoms with Gasteiger partial charge in [-0.3, -0.25) is 14.5 Å². The molecule has 1 atom stereocenters. The van der Waals surface area contributed by atoms with Gasteiger partial charge in [0.1, 0.15) is 17.0 Å². The Morgan fingerprint density at radius 3 is 2.63 bits per heavy atom. The van der Waals surface area contributed by atoms with Gasteiger partial charge in [-0.1, -0.05) is 35.9 Å². The van der Waals surface area contributed by atoms with Crippen molar-refractivity contribution >= 4 is 46.6 Å². The number of carbonyl (C=O) groups is 2. The third-order valence-electron chi connectivity index (χ3n) is 4.59. The predicted molar refractivity (Wildman–Crippen MR) is 115 cm³/mol. The van der Waals surface area contributed by atoms with Gasteiger partial charge in [0.25, 0.3) is 5.91 Å². The SMILES string of the molecule is O=C(Nc1cccc(C2SCC(=O)N2c2ccc(F)cc2F)c1)c1ccccc1Cl. The first-order chi connectivity index (χ1) is 14.4. The molecule has 0 saturated carbocycles. The third kappa shape index (κ3) is 4.04. The van der Waals surface area contributed by atoms with Gasteiger partial charge in [0, 0.05) is 11.8 Å². The average Bonchev–Trinajstić information content (AvgIpc) is 3.10. The number of carbonyl (C=O) groups excluding carboxylic acids is 2. The third-order valence-corrected chi connectivity index (χ3v) is 6.13. The second-order valence-corrected chi connectivity index (χ2v) is 8.06. The Morgan fingerprint density at radius 2 is 1.87 bits per heavy atom. The zero-order chi connectivity index (χ0) is 21.3. The molecular formula is C22H15ClF2N2O2S. The first-order valence-corrected chi connectivity index (χ1v) is 10.4. The molecule has 0 aromatic heterocycles. The quantitative estimate of drug-likeness (QED) is 0.565. The van der Waals surface area contributed by atoms with Gasteiger partial charge in [0.15, 0.2) is 0 Å². The highest BCUT2D eigenvalue weighted by Crippen LogP contribution is 2.43. The molecule has 1 aliphatic heterocycles.